The first-order valence-electron chi connectivity index (χ1n) is 13.3. The fourth-order valence-corrected chi connectivity index (χ4v) is 5.46. The van der Waals surface area contributed by atoms with Gasteiger partial charge in [0.1, 0.15) is 17.9 Å². The highest BCUT2D eigenvalue weighted by Crippen LogP contribution is 2.33. The van der Waals surface area contributed by atoms with Gasteiger partial charge in [-0.05, 0) is 52.0 Å². The lowest BCUT2D eigenvalue weighted by atomic mass is 9.73. The molecule has 0 aliphatic heterocycles. The lowest BCUT2D eigenvalue weighted by Gasteiger charge is -2.41. The maximum atomic E-state index is 13.2. The van der Waals surface area contributed by atoms with Crippen molar-refractivity contribution in [1.29, 1.82) is 0 Å². The van der Waals surface area contributed by atoms with E-state index < -0.39 is 23.5 Å². The van der Waals surface area contributed by atoms with Crippen LogP contribution in [0.4, 0.5) is 0 Å². The van der Waals surface area contributed by atoms with E-state index in [0.717, 1.165) is 57.0 Å². The molecular weight excluding hydrogens is 480 g/mol. The van der Waals surface area contributed by atoms with E-state index in [-0.39, 0.29) is 29.4 Å². The quantitative estimate of drug-likeness (QED) is 0.208. The number of aldehydes is 1. The van der Waals surface area contributed by atoms with Gasteiger partial charge in [0.05, 0.1) is 12.6 Å². The summed E-state index contributed by atoms with van der Waals surface area (Å²) in [5.41, 5.74) is -0.693. The third-order valence-corrected chi connectivity index (χ3v) is 7.88. The van der Waals surface area contributed by atoms with E-state index in [1.54, 1.807) is 20.9 Å². The summed E-state index contributed by atoms with van der Waals surface area (Å²) >= 11 is 1.29. The van der Waals surface area contributed by atoms with Crippen LogP contribution in [-0.4, -0.2) is 77.5 Å². The second-order valence-corrected chi connectivity index (χ2v) is 11.1. The highest BCUT2D eigenvalue weighted by atomic mass is 32.2. The Morgan fingerprint density at radius 2 is 1.86 bits per heavy atom. The molecule has 1 saturated carbocycles. The number of nitrogens with one attached hydrogen (secondary N) is 3. The van der Waals surface area contributed by atoms with Gasteiger partial charge in [0, 0.05) is 19.2 Å². The molecule has 36 heavy (non-hydrogen) atoms. The monoisotopic (exact) mass is 526 g/mol. The molecule has 9 nitrogen and oxygen atoms in total. The molecular formula is C26H46N4O5S. The van der Waals surface area contributed by atoms with Gasteiger partial charge in [0.2, 0.25) is 17.7 Å². The minimum absolute atomic E-state index is 0.0955. The van der Waals surface area contributed by atoms with E-state index in [4.69, 9.17) is 0 Å². The van der Waals surface area contributed by atoms with Crippen molar-refractivity contribution in [2.24, 2.45) is 5.92 Å². The summed E-state index contributed by atoms with van der Waals surface area (Å²) in [5, 5.41) is 8.90. The van der Waals surface area contributed by atoms with Crippen LogP contribution in [0.2, 0.25) is 0 Å². The van der Waals surface area contributed by atoms with Gasteiger partial charge in [-0.2, -0.15) is 0 Å². The molecule has 0 bridgehead atoms. The highest BCUT2D eigenvalue weighted by Gasteiger charge is 2.44. The first-order valence-corrected chi connectivity index (χ1v) is 14.3. The van der Waals surface area contributed by atoms with Crippen molar-refractivity contribution < 1.29 is 24.0 Å². The summed E-state index contributed by atoms with van der Waals surface area (Å²) in [4.78, 5) is 62.8. The number of hydrogen-bond acceptors (Lipinski definition) is 7. The minimum atomic E-state index is -0.772. The molecule has 0 heterocycles. The van der Waals surface area contributed by atoms with Crippen molar-refractivity contribution in [1.82, 2.24) is 20.9 Å². The normalized spacial score (nSPS) is 21.2. The van der Waals surface area contributed by atoms with Crippen molar-refractivity contribution in [3.63, 3.8) is 0 Å². The van der Waals surface area contributed by atoms with Gasteiger partial charge in [0.15, 0.2) is 5.12 Å². The summed E-state index contributed by atoms with van der Waals surface area (Å²) in [6.07, 6.45) is 8.11. The highest BCUT2D eigenvalue weighted by molar-refractivity contribution is 8.13. The molecule has 0 spiro atoms. The number of carbonyl (C=O) groups is 5. The minimum Gasteiger partial charge on any atom is -0.345 e. The molecule has 10 heteroatoms. The predicted molar refractivity (Wildman–Crippen MR) is 144 cm³/mol. The molecule has 206 valence electrons. The molecule has 1 rings (SSSR count). The Hall–Kier alpha value is -1.94. The van der Waals surface area contributed by atoms with Gasteiger partial charge < -0.3 is 25.6 Å². The SMILES string of the molecule is CCCN(CC(=O)NC(C=O)CCCCCSC(C)=O)C(=O)C(C)NC(=O)C1(NC)CCCCC1C. The van der Waals surface area contributed by atoms with Crippen LogP contribution < -0.4 is 16.0 Å². The summed E-state index contributed by atoms with van der Waals surface area (Å²) in [6.45, 7) is 7.37. The average molecular weight is 527 g/mol. The van der Waals surface area contributed by atoms with E-state index >= 15 is 0 Å². The Kier molecular flexibility index (Phi) is 14.9. The summed E-state index contributed by atoms with van der Waals surface area (Å²) in [7, 11) is 1.79. The van der Waals surface area contributed by atoms with Gasteiger partial charge in [-0.15, -0.1) is 0 Å². The Labute approximate surface area is 220 Å². The van der Waals surface area contributed by atoms with Gasteiger partial charge >= 0.3 is 0 Å². The smallest absolute Gasteiger partial charge is 0.245 e. The second kappa shape index (κ2) is 16.7. The van der Waals surface area contributed by atoms with Gasteiger partial charge in [0.25, 0.3) is 0 Å². The van der Waals surface area contributed by atoms with Crippen LogP contribution in [0.3, 0.4) is 0 Å². The van der Waals surface area contributed by atoms with E-state index in [2.05, 4.69) is 22.9 Å². The molecule has 0 radical (unpaired) electrons. The number of amides is 3. The fraction of sp³-hybridized carbons (Fsp3) is 0.808. The lowest BCUT2D eigenvalue weighted by molar-refractivity contribution is -0.141. The largest absolute Gasteiger partial charge is 0.345 e. The van der Waals surface area contributed by atoms with Gasteiger partial charge in [-0.25, -0.2) is 0 Å². The van der Waals surface area contributed by atoms with Crippen molar-refractivity contribution >= 4 is 40.9 Å². The predicted octanol–water partition coefficient (Wildman–Crippen LogP) is 2.42. The zero-order valence-corrected chi connectivity index (χ0v) is 23.5. The number of rotatable bonds is 16. The standard InChI is InChI=1S/C26H46N4O5S/c1-6-15-30(17-23(33)29-22(18-31)13-8-7-11-16-36-21(4)32)24(34)20(3)28-25(35)26(27-5)14-10-9-12-19(26)2/h18-20,22,27H,6-17H2,1-5H3,(H,28,35)(H,29,33). The van der Waals surface area contributed by atoms with E-state index in [0.29, 0.717) is 19.4 Å². The maximum Gasteiger partial charge on any atom is 0.245 e. The van der Waals surface area contributed by atoms with Crippen molar-refractivity contribution in [3.05, 3.63) is 0 Å². The molecule has 3 N–H and O–H groups in total. The number of thioether (sulfide) groups is 1. The topological polar surface area (TPSA) is 125 Å². The van der Waals surface area contributed by atoms with Crippen LogP contribution in [0.1, 0.15) is 85.5 Å². The number of likely N-dealkylation sites (N-methyl/N-ethyl adjacent to an activating group) is 1. The number of carbonyl (C=O) groups excluding carboxylic acids is 5. The van der Waals surface area contributed by atoms with E-state index in [1.807, 2.05) is 6.92 Å². The third kappa shape index (κ3) is 10.2. The summed E-state index contributed by atoms with van der Waals surface area (Å²) in [6, 6.07) is -1.39. The third-order valence-electron chi connectivity index (χ3n) is 6.98. The zero-order chi connectivity index (χ0) is 27.1. The van der Waals surface area contributed by atoms with Gasteiger partial charge in [-0.3, -0.25) is 19.2 Å². The zero-order valence-electron chi connectivity index (χ0n) is 22.7. The van der Waals surface area contributed by atoms with Crippen molar-refractivity contribution in [2.75, 3.05) is 25.9 Å². The number of unbranched alkanes of at least 4 members (excludes halogenated alkanes) is 2. The average Bonchev–Trinajstić information content (AvgIpc) is 2.84. The van der Waals surface area contributed by atoms with Crippen molar-refractivity contribution in [3.8, 4) is 0 Å². The van der Waals surface area contributed by atoms with Crippen LogP contribution in [0.5, 0.6) is 0 Å². The Morgan fingerprint density at radius 3 is 2.44 bits per heavy atom. The van der Waals surface area contributed by atoms with Crippen LogP contribution in [0.25, 0.3) is 0 Å². The summed E-state index contributed by atoms with van der Waals surface area (Å²) in [5.74, 6) is 0.0173. The molecule has 1 fully saturated rings. The van der Waals surface area contributed by atoms with Crippen LogP contribution in [-0.2, 0) is 24.0 Å². The molecule has 0 aromatic carbocycles. The lowest BCUT2D eigenvalue weighted by Crippen LogP contribution is -2.63. The second-order valence-electron chi connectivity index (χ2n) is 9.82. The summed E-state index contributed by atoms with van der Waals surface area (Å²) < 4.78 is 0. The van der Waals surface area contributed by atoms with Gasteiger partial charge in [-0.1, -0.05) is 51.3 Å². The van der Waals surface area contributed by atoms with Crippen LogP contribution in [0.15, 0.2) is 0 Å². The molecule has 4 unspecified atom stereocenters. The van der Waals surface area contributed by atoms with E-state index in [9.17, 15) is 24.0 Å². The first-order chi connectivity index (χ1) is 17.1. The number of hydrogen-bond donors (Lipinski definition) is 3. The molecule has 0 aromatic rings. The Balaban J connectivity index is 2.62. The molecule has 1 aliphatic carbocycles. The fourth-order valence-electron chi connectivity index (χ4n) is 4.83. The molecule has 1 aliphatic rings. The molecule has 4 atom stereocenters. The first kappa shape index (κ1) is 32.1. The number of nitrogens with zero attached hydrogens (tertiary/aromatic N) is 1. The van der Waals surface area contributed by atoms with Crippen LogP contribution >= 0.6 is 11.8 Å². The maximum absolute atomic E-state index is 13.2. The van der Waals surface area contributed by atoms with Crippen molar-refractivity contribution in [2.45, 2.75) is 103 Å². The van der Waals surface area contributed by atoms with E-state index in [1.165, 1.54) is 16.7 Å². The molecule has 0 aromatic heterocycles. The molecule has 3 amide bonds. The van der Waals surface area contributed by atoms with Crippen LogP contribution in [0, 0.1) is 5.92 Å². The Bertz CT molecular complexity index is 750. The molecule has 0 saturated heterocycles. The Morgan fingerprint density at radius 1 is 1.14 bits per heavy atom.